The third kappa shape index (κ3) is 3.67. The standard InChI is InChI=1S/C22H19NOS/c1-16-15-17(2)23(19-11-7-4-8-12-19)22(25)21(16)20(24)14-13-18-9-5-3-6-10-18/h3-15H,1-2H3/b14-13+. The third-order valence-corrected chi connectivity index (χ3v) is 4.46. The van der Waals surface area contributed by atoms with Gasteiger partial charge in [-0.25, -0.2) is 0 Å². The summed E-state index contributed by atoms with van der Waals surface area (Å²) in [7, 11) is 0. The maximum Gasteiger partial charge on any atom is 0.189 e. The largest absolute Gasteiger partial charge is 0.305 e. The molecule has 3 aromatic rings. The summed E-state index contributed by atoms with van der Waals surface area (Å²) in [6, 6.07) is 21.7. The zero-order valence-electron chi connectivity index (χ0n) is 14.3. The molecule has 124 valence electrons. The van der Waals surface area contributed by atoms with Gasteiger partial charge in [0.15, 0.2) is 5.78 Å². The number of hydrogen-bond acceptors (Lipinski definition) is 2. The summed E-state index contributed by atoms with van der Waals surface area (Å²) in [5, 5.41) is 0. The Balaban J connectivity index is 2.06. The Hall–Kier alpha value is -2.78. The second kappa shape index (κ2) is 7.41. The zero-order valence-corrected chi connectivity index (χ0v) is 15.1. The minimum absolute atomic E-state index is 0.0731. The van der Waals surface area contributed by atoms with Crippen LogP contribution in [0.1, 0.15) is 27.2 Å². The van der Waals surface area contributed by atoms with Crippen molar-refractivity contribution in [2.24, 2.45) is 0 Å². The van der Waals surface area contributed by atoms with E-state index in [1.165, 1.54) is 0 Å². The van der Waals surface area contributed by atoms with Gasteiger partial charge < -0.3 is 4.57 Å². The Labute approximate surface area is 153 Å². The zero-order chi connectivity index (χ0) is 17.8. The summed E-state index contributed by atoms with van der Waals surface area (Å²) < 4.78 is 2.50. The number of ketones is 1. The number of para-hydroxylation sites is 1. The smallest absolute Gasteiger partial charge is 0.189 e. The molecule has 0 aliphatic heterocycles. The molecule has 0 radical (unpaired) electrons. The highest BCUT2D eigenvalue weighted by atomic mass is 32.1. The monoisotopic (exact) mass is 345 g/mol. The van der Waals surface area contributed by atoms with Gasteiger partial charge in [0.1, 0.15) is 4.64 Å². The molecule has 0 unspecified atom stereocenters. The van der Waals surface area contributed by atoms with E-state index in [0.29, 0.717) is 10.2 Å². The topological polar surface area (TPSA) is 22.0 Å². The number of carbonyl (C=O) groups excluding carboxylic acids is 1. The molecule has 25 heavy (non-hydrogen) atoms. The molecular formula is C22H19NOS. The van der Waals surface area contributed by atoms with Crippen LogP contribution in [0.15, 0.2) is 72.8 Å². The Kier molecular flexibility index (Phi) is 5.05. The molecule has 0 atom stereocenters. The van der Waals surface area contributed by atoms with Crippen molar-refractivity contribution in [3.63, 3.8) is 0 Å². The summed E-state index contributed by atoms with van der Waals surface area (Å²) in [4.78, 5) is 12.8. The van der Waals surface area contributed by atoms with Gasteiger partial charge in [-0.15, -0.1) is 0 Å². The molecule has 2 nitrogen and oxygen atoms in total. The molecule has 0 amide bonds. The van der Waals surface area contributed by atoms with Crippen molar-refractivity contribution in [1.29, 1.82) is 0 Å². The quantitative estimate of drug-likeness (QED) is 0.343. The summed E-state index contributed by atoms with van der Waals surface area (Å²) >= 11 is 5.66. The average molecular weight is 345 g/mol. The van der Waals surface area contributed by atoms with Gasteiger partial charge in [0.2, 0.25) is 0 Å². The molecule has 0 fully saturated rings. The highest BCUT2D eigenvalue weighted by Gasteiger charge is 2.13. The van der Waals surface area contributed by atoms with Crippen LogP contribution in [0, 0.1) is 18.5 Å². The molecular weight excluding hydrogens is 326 g/mol. The fraction of sp³-hybridized carbons (Fsp3) is 0.0909. The highest BCUT2D eigenvalue weighted by Crippen LogP contribution is 2.20. The normalized spacial score (nSPS) is 11.0. The van der Waals surface area contributed by atoms with Crippen LogP contribution in [0.25, 0.3) is 11.8 Å². The minimum Gasteiger partial charge on any atom is -0.305 e. The lowest BCUT2D eigenvalue weighted by atomic mass is 10.0. The molecule has 0 N–H and O–H groups in total. The maximum atomic E-state index is 12.8. The van der Waals surface area contributed by atoms with Crippen LogP contribution >= 0.6 is 12.2 Å². The summed E-state index contributed by atoms with van der Waals surface area (Å²) in [5.74, 6) is -0.0731. The van der Waals surface area contributed by atoms with Crippen LogP contribution < -0.4 is 0 Å². The summed E-state index contributed by atoms with van der Waals surface area (Å²) in [6.45, 7) is 3.94. The van der Waals surface area contributed by atoms with E-state index in [4.69, 9.17) is 12.2 Å². The first kappa shape index (κ1) is 17.1. The van der Waals surface area contributed by atoms with Crippen molar-refractivity contribution in [2.75, 3.05) is 0 Å². The fourth-order valence-corrected chi connectivity index (χ4v) is 3.42. The van der Waals surface area contributed by atoms with Gasteiger partial charge in [-0.1, -0.05) is 66.8 Å². The second-order valence-electron chi connectivity index (χ2n) is 5.93. The minimum atomic E-state index is -0.0731. The van der Waals surface area contributed by atoms with E-state index in [9.17, 15) is 4.79 Å². The van der Waals surface area contributed by atoms with E-state index >= 15 is 0 Å². The molecule has 2 aromatic carbocycles. The van der Waals surface area contributed by atoms with Crippen molar-refractivity contribution in [1.82, 2.24) is 4.57 Å². The lowest BCUT2D eigenvalue weighted by Gasteiger charge is -2.15. The summed E-state index contributed by atoms with van der Waals surface area (Å²) in [6.07, 6.45) is 3.42. The van der Waals surface area contributed by atoms with Gasteiger partial charge in [0.05, 0.1) is 5.56 Å². The van der Waals surface area contributed by atoms with Crippen LogP contribution in [0.4, 0.5) is 0 Å². The van der Waals surface area contributed by atoms with E-state index in [1.807, 2.05) is 91.2 Å². The second-order valence-corrected chi connectivity index (χ2v) is 6.31. The number of benzene rings is 2. The van der Waals surface area contributed by atoms with E-state index < -0.39 is 0 Å². The molecule has 3 heteroatoms. The lowest BCUT2D eigenvalue weighted by Crippen LogP contribution is -2.10. The Morgan fingerprint density at radius 1 is 0.960 bits per heavy atom. The van der Waals surface area contributed by atoms with Crippen molar-refractivity contribution in [3.8, 4) is 5.69 Å². The molecule has 1 heterocycles. The van der Waals surface area contributed by atoms with Crippen molar-refractivity contribution >= 4 is 24.1 Å². The first-order chi connectivity index (χ1) is 12.1. The first-order valence-corrected chi connectivity index (χ1v) is 8.55. The molecule has 0 spiro atoms. The number of hydrogen-bond donors (Lipinski definition) is 0. The van der Waals surface area contributed by atoms with Crippen LogP contribution in [0.3, 0.4) is 0 Å². The predicted octanol–water partition coefficient (Wildman–Crippen LogP) is 5.72. The van der Waals surface area contributed by atoms with Crippen LogP contribution in [-0.2, 0) is 0 Å². The van der Waals surface area contributed by atoms with Gasteiger partial charge >= 0.3 is 0 Å². The van der Waals surface area contributed by atoms with E-state index in [1.54, 1.807) is 6.08 Å². The first-order valence-electron chi connectivity index (χ1n) is 8.14. The van der Waals surface area contributed by atoms with Crippen LogP contribution in [0.2, 0.25) is 0 Å². The van der Waals surface area contributed by atoms with Gasteiger partial charge in [0.25, 0.3) is 0 Å². The molecule has 0 bridgehead atoms. The molecule has 1 aromatic heterocycles. The molecule has 0 aliphatic carbocycles. The SMILES string of the molecule is Cc1cc(C)n(-c2ccccc2)c(=S)c1C(=O)/C=C/c1ccccc1. The number of allylic oxidation sites excluding steroid dienone is 1. The van der Waals surface area contributed by atoms with Crippen LogP contribution in [0.5, 0.6) is 0 Å². The van der Waals surface area contributed by atoms with E-state index in [0.717, 1.165) is 22.5 Å². The van der Waals surface area contributed by atoms with E-state index in [2.05, 4.69) is 0 Å². The lowest BCUT2D eigenvalue weighted by molar-refractivity contribution is 0.104. The Morgan fingerprint density at radius 3 is 2.20 bits per heavy atom. The number of pyridine rings is 1. The summed E-state index contributed by atoms with van der Waals surface area (Å²) in [5.41, 5.74) is 4.44. The van der Waals surface area contributed by atoms with Crippen molar-refractivity contribution < 1.29 is 4.79 Å². The van der Waals surface area contributed by atoms with Crippen LogP contribution in [-0.4, -0.2) is 10.4 Å². The average Bonchev–Trinajstić information content (AvgIpc) is 2.61. The van der Waals surface area contributed by atoms with Crippen molar-refractivity contribution in [2.45, 2.75) is 13.8 Å². The van der Waals surface area contributed by atoms with Gasteiger partial charge in [0, 0.05) is 11.4 Å². The fourth-order valence-electron chi connectivity index (χ4n) is 2.91. The Morgan fingerprint density at radius 2 is 1.56 bits per heavy atom. The number of rotatable bonds is 4. The van der Waals surface area contributed by atoms with Gasteiger partial charge in [-0.2, -0.15) is 0 Å². The van der Waals surface area contributed by atoms with Crippen molar-refractivity contribution in [3.05, 3.63) is 99.8 Å². The molecule has 0 saturated carbocycles. The molecule has 0 saturated heterocycles. The number of carbonyl (C=O) groups is 1. The van der Waals surface area contributed by atoms with Gasteiger partial charge in [-0.05, 0) is 49.2 Å². The highest BCUT2D eigenvalue weighted by molar-refractivity contribution is 7.71. The molecule has 3 rings (SSSR count). The number of aryl methyl sites for hydroxylation is 2. The Bertz CT molecular complexity index is 986. The van der Waals surface area contributed by atoms with Gasteiger partial charge in [-0.3, -0.25) is 4.79 Å². The third-order valence-electron chi connectivity index (χ3n) is 4.08. The maximum absolute atomic E-state index is 12.8. The molecule has 0 aliphatic rings. The van der Waals surface area contributed by atoms with E-state index in [-0.39, 0.29) is 5.78 Å². The predicted molar refractivity (Wildman–Crippen MR) is 106 cm³/mol. The number of nitrogens with zero attached hydrogens (tertiary/aromatic N) is 1. The number of aromatic nitrogens is 1.